The van der Waals surface area contributed by atoms with Crippen LogP contribution in [0.25, 0.3) is 0 Å². The molecule has 1 aromatic carbocycles. The van der Waals surface area contributed by atoms with Gasteiger partial charge in [0.05, 0.1) is 17.6 Å². The van der Waals surface area contributed by atoms with Gasteiger partial charge in [-0.1, -0.05) is 21.9 Å². The molecule has 0 aromatic heterocycles. The number of methoxy groups -OCH3 is 1. The topological polar surface area (TPSA) is 21.3 Å². The van der Waals surface area contributed by atoms with Crippen LogP contribution < -0.4 is 10.1 Å². The molecule has 1 unspecified atom stereocenters. The Bertz CT molecular complexity index is 412. The molecule has 86 valence electrons. The summed E-state index contributed by atoms with van der Waals surface area (Å²) in [6, 6.07) is 4.01. The second-order valence-corrected chi connectivity index (χ2v) is 5.12. The smallest absolute Gasteiger partial charge is 0.137 e. The maximum Gasteiger partial charge on any atom is 0.137 e. The van der Waals surface area contributed by atoms with Gasteiger partial charge in [0.25, 0.3) is 0 Å². The minimum absolute atomic E-state index is 0.0439. The number of ether oxygens (including phenoxy) is 1. The highest BCUT2D eigenvalue weighted by molar-refractivity contribution is 9.11. The van der Waals surface area contributed by atoms with Crippen LogP contribution in [0.5, 0.6) is 5.75 Å². The first-order chi connectivity index (χ1) is 7.58. The van der Waals surface area contributed by atoms with Gasteiger partial charge in [0.1, 0.15) is 5.75 Å². The number of halogens is 2. The lowest BCUT2D eigenvalue weighted by Gasteiger charge is -2.13. The first kappa shape index (κ1) is 13.6. The van der Waals surface area contributed by atoms with Crippen LogP contribution in [0.1, 0.15) is 12.5 Å². The number of benzene rings is 1. The summed E-state index contributed by atoms with van der Waals surface area (Å²) in [6.07, 6.45) is 5.30. The zero-order valence-corrected chi connectivity index (χ0v) is 12.4. The molecule has 16 heavy (non-hydrogen) atoms. The molecule has 0 saturated carbocycles. The summed E-state index contributed by atoms with van der Waals surface area (Å²) in [6.45, 7) is 2.62. The number of terminal acetylenes is 1. The van der Waals surface area contributed by atoms with Crippen LogP contribution in [0, 0.1) is 12.3 Å². The summed E-state index contributed by atoms with van der Waals surface area (Å²) in [5, 5.41) is 3.22. The summed E-state index contributed by atoms with van der Waals surface area (Å²) < 4.78 is 7.27. The Kier molecular flexibility index (Phi) is 5.33. The minimum Gasteiger partial charge on any atom is -0.495 e. The number of hydrogen-bond donors (Lipinski definition) is 1. The molecule has 0 fully saturated rings. The molecule has 1 atom stereocenters. The van der Waals surface area contributed by atoms with E-state index < -0.39 is 0 Å². The van der Waals surface area contributed by atoms with E-state index in [9.17, 15) is 0 Å². The van der Waals surface area contributed by atoms with Crippen molar-refractivity contribution in [3.05, 3.63) is 26.6 Å². The van der Waals surface area contributed by atoms with Crippen molar-refractivity contribution in [2.75, 3.05) is 7.11 Å². The van der Waals surface area contributed by atoms with Crippen LogP contribution in [0.2, 0.25) is 0 Å². The van der Waals surface area contributed by atoms with E-state index in [1.165, 1.54) is 0 Å². The molecular formula is C12H13Br2NO. The zero-order chi connectivity index (χ0) is 12.1. The van der Waals surface area contributed by atoms with Crippen LogP contribution in [0.4, 0.5) is 0 Å². The van der Waals surface area contributed by atoms with Crippen molar-refractivity contribution in [2.24, 2.45) is 0 Å². The molecule has 1 aromatic rings. The zero-order valence-electron chi connectivity index (χ0n) is 9.18. The van der Waals surface area contributed by atoms with E-state index in [4.69, 9.17) is 11.2 Å². The molecule has 2 nitrogen and oxygen atoms in total. The van der Waals surface area contributed by atoms with Crippen LogP contribution in [-0.4, -0.2) is 13.2 Å². The molecule has 1 rings (SSSR count). The third-order valence-corrected chi connectivity index (χ3v) is 3.18. The Morgan fingerprint density at radius 3 is 2.75 bits per heavy atom. The Labute approximate surface area is 113 Å². The summed E-state index contributed by atoms with van der Waals surface area (Å²) in [5.41, 5.74) is 1.06. The molecule has 1 N–H and O–H groups in total. The van der Waals surface area contributed by atoms with Gasteiger partial charge >= 0.3 is 0 Å². The highest BCUT2D eigenvalue weighted by atomic mass is 79.9. The fraction of sp³-hybridized carbons (Fsp3) is 0.333. The summed E-state index contributed by atoms with van der Waals surface area (Å²) >= 11 is 6.91. The predicted octanol–water partition coefficient (Wildman–Crippen LogP) is 3.33. The van der Waals surface area contributed by atoms with E-state index in [1.807, 2.05) is 19.1 Å². The fourth-order valence-corrected chi connectivity index (χ4v) is 2.77. The van der Waals surface area contributed by atoms with Crippen molar-refractivity contribution in [3.8, 4) is 18.1 Å². The molecule has 0 saturated heterocycles. The standard InChI is InChI=1S/C12H13Br2NO/c1-4-8(2)15-7-9-5-10(13)6-11(14)12(9)16-3/h1,5-6,8,15H,7H2,2-3H3. The van der Waals surface area contributed by atoms with E-state index in [0.29, 0.717) is 6.54 Å². The van der Waals surface area contributed by atoms with Gasteiger partial charge in [-0.25, -0.2) is 0 Å². The largest absolute Gasteiger partial charge is 0.495 e. The van der Waals surface area contributed by atoms with Gasteiger partial charge in [0.2, 0.25) is 0 Å². The summed E-state index contributed by atoms with van der Waals surface area (Å²) in [4.78, 5) is 0. The number of rotatable bonds is 4. The Hall–Kier alpha value is -0.500. The quantitative estimate of drug-likeness (QED) is 0.844. The number of hydrogen-bond acceptors (Lipinski definition) is 2. The van der Waals surface area contributed by atoms with Gasteiger partial charge in [0.15, 0.2) is 0 Å². The summed E-state index contributed by atoms with van der Waals surface area (Å²) in [5.74, 6) is 3.46. The maximum atomic E-state index is 5.34. The van der Waals surface area contributed by atoms with Crippen LogP contribution in [0.15, 0.2) is 21.1 Å². The Morgan fingerprint density at radius 1 is 1.50 bits per heavy atom. The lowest BCUT2D eigenvalue weighted by atomic mass is 10.2. The van der Waals surface area contributed by atoms with E-state index in [-0.39, 0.29) is 6.04 Å². The minimum atomic E-state index is 0.0439. The highest BCUT2D eigenvalue weighted by Crippen LogP contribution is 2.32. The highest BCUT2D eigenvalue weighted by Gasteiger charge is 2.09. The van der Waals surface area contributed by atoms with E-state index >= 15 is 0 Å². The third-order valence-electron chi connectivity index (χ3n) is 2.14. The molecule has 0 aliphatic heterocycles. The lowest BCUT2D eigenvalue weighted by molar-refractivity contribution is 0.404. The predicted molar refractivity (Wildman–Crippen MR) is 73.5 cm³/mol. The molecule has 0 radical (unpaired) electrons. The summed E-state index contributed by atoms with van der Waals surface area (Å²) in [7, 11) is 1.65. The first-order valence-electron chi connectivity index (χ1n) is 4.80. The molecular weight excluding hydrogens is 334 g/mol. The Balaban J connectivity index is 2.90. The molecule has 0 aliphatic carbocycles. The van der Waals surface area contributed by atoms with E-state index in [1.54, 1.807) is 7.11 Å². The average molecular weight is 347 g/mol. The second kappa shape index (κ2) is 6.29. The van der Waals surface area contributed by atoms with Crippen molar-refractivity contribution in [1.29, 1.82) is 0 Å². The fourth-order valence-electron chi connectivity index (χ4n) is 1.30. The van der Waals surface area contributed by atoms with Crippen LogP contribution in [-0.2, 0) is 6.54 Å². The van der Waals surface area contributed by atoms with Gasteiger partial charge in [-0.15, -0.1) is 6.42 Å². The van der Waals surface area contributed by atoms with Crippen molar-refractivity contribution in [3.63, 3.8) is 0 Å². The average Bonchev–Trinajstić information content (AvgIpc) is 2.25. The SMILES string of the molecule is C#CC(C)NCc1cc(Br)cc(Br)c1OC. The van der Waals surface area contributed by atoms with Gasteiger partial charge in [-0.2, -0.15) is 0 Å². The van der Waals surface area contributed by atoms with Crippen molar-refractivity contribution in [2.45, 2.75) is 19.5 Å². The second-order valence-electron chi connectivity index (χ2n) is 3.35. The monoisotopic (exact) mass is 345 g/mol. The van der Waals surface area contributed by atoms with Gasteiger partial charge in [-0.3, -0.25) is 5.32 Å². The number of nitrogens with one attached hydrogen (secondary N) is 1. The first-order valence-corrected chi connectivity index (χ1v) is 6.38. The normalized spacial score (nSPS) is 11.9. The maximum absolute atomic E-state index is 5.34. The molecule has 0 heterocycles. The van der Waals surface area contributed by atoms with Gasteiger partial charge in [0, 0.05) is 16.6 Å². The van der Waals surface area contributed by atoms with Crippen molar-refractivity contribution < 1.29 is 4.74 Å². The van der Waals surface area contributed by atoms with Gasteiger partial charge < -0.3 is 4.74 Å². The molecule has 0 aliphatic rings. The van der Waals surface area contributed by atoms with Gasteiger partial charge in [-0.05, 0) is 35.0 Å². The molecule has 4 heteroatoms. The molecule has 0 spiro atoms. The third kappa shape index (κ3) is 3.51. The van der Waals surface area contributed by atoms with E-state index in [2.05, 4.69) is 43.1 Å². The lowest BCUT2D eigenvalue weighted by Crippen LogP contribution is -2.23. The van der Waals surface area contributed by atoms with Crippen LogP contribution >= 0.6 is 31.9 Å². The van der Waals surface area contributed by atoms with Crippen LogP contribution in [0.3, 0.4) is 0 Å². The van der Waals surface area contributed by atoms with E-state index in [0.717, 1.165) is 20.3 Å². The van der Waals surface area contributed by atoms with Crippen molar-refractivity contribution >= 4 is 31.9 Å². The molecule has 0 bridgehead atoms. The Morgan fingerprint density at radius 2 is 2.19 bits per heavy atom. The van der Waals surface area contributed by atoms with Crippen molar-refractivity contribution in [1.82, 2.24) is 5.32 Å². The molecule has 0 amide bonds.